The molecule has 2 aliphatic rings. The van der Waals surface area contributed by atoms with Crippen LogP contribution in [-0.2, 0) is 11.8 Å². The van der Waals surface area contributed by atoms with E-state index in [4.69, 9.17) is 9.40 Å². The first-order chi connectivity index (χ1) is 13.6. The highest BCUT2D eigenvalue weighted by Crippen LogP contribution is 2.44. The highest BCUT2D eigenvalue weighted by atomic mass is 16.3. The van der Waals surface area contributed by atoms with Gasteiger partial charge in [-0.2, -0.15) is 0 Å². The predicted molar refractivity (Wildman–Crippen MR) is 104 cm³/mol. The van der Waals surface area contributed by atoms with Crippen LogP contribution in [0.2, 0.25) is 0 Å². The number of carbonyl (C=O) groups excluding carboxylic acids is 1. The number of aryl methyl sites for hydroxylation is 2. The Morgan fingerprint density at radius 3 is 2.82 bits per heavy atom. The minimum absolute atomic E-state index is 0.0540. The molecule has 2 aromatic heterocycles. The molecule has 6 nitrogen and oxygen atoms in total. The van der Waals surface area contributed by atoms with Crippen molar-refractivity contribution in [3.05, 3.63) is 65.6 Å². The Morgan fingerprint density at radius 1 is 1.18 bits per heavy atom. The summed E-state index contributed by atoms with van der Waals surface area (Å²) in [6, 6.07) is 10.1. The van der Waals surface area contributed by atoms with E-state index in [0.717, 1.165) is 49.3 Å². The van der Waals surface area contributed by atoms with Gasteiger partial charge in [0.05, 0.1) is 5.69 Å². The predicted octanol–water partition coefficient (Wildman–Crippen LogP) is 3.56. The van der Waals surface area contributed by atoms with Crippen LogP contribution in [0, 0.1) is 6.92 Å². The number of hydrogen-bond acceptors (Lipinski definition) is 5. The molecule has 5 rings (SSSR count). The molecule has 1 aliphatic carbocycles. The van der Waals surface area contributed by atoms with E-state index < -0.39 is 0 Å². The maximum Gasteiger partial charge on any atom is 0.275 e. The fourth-order valence-corrected chi connectivity index (χ4v) is 4.59. The molecule has 1 amide bonds. The molecule has 0 radical (unpaired) electrons. The number of fused-ring (bicyclic) bond motifs is 2. The zero-order valence-electron chi connectivity index (χ0n) is 15.9. The average molecular weight is 374 g/mol. The second kappa shape index (κ2) is 6.55. The third kappa shape index (κ3) is 2.80. The van der Waals surface area contributed by atoms with E-state index in [1.807, 2.05) is 41.4 Å². The van der Waals surface area contributed by atoms with Gasteiger partial charge in [-0.3, -0.25) is 4.79 Å². The standard InChI is InChI=1S/C22H22N4O2/c1-15-24-18(13-28-15)21(27)26-11-5-9-22(14-26)10-8-17-12-23-20(25-19(17)22)16-6-3-2-4-7-16/h2-4,6-7,12-13H,5,8-11,14H2,1H3. The summed E-state index contributed by atoms with van der Waals surface area (Å²) in [6.07, 6.45) is 7.42. The van der Waals surface area contributed by atoms with Gasteiger partial charge >= 0.3 is 0 Å². The monoisotopic (exact) mass is 374 g/mol. The minimum atomic E-state index is -0.0888. The number of benzene rings is 1. The zero-order valence-corrected chi connectivity index (χ0v) is 15.9. The molecule has 1 aliphatic heterocycles. The van der Waals surface area contributed by atoms with Crippen LogP contribution in [0.25, 0.3) is 11.4 Å². The molecule has 6 heteroatoms. The lowest BCUT2D eigenvalue weighted by molar-refractivity contribution is 0.0627. The summed E-state index contributed by atoms with van der Waals surface area (Å²) in [4.78, 5) is 28.6. The number of rotatable bonds is 2. The van der Waals surface area contributed by atoms with E-state index in [2.05, 4.69) is 9.97 Å². The van der Waals surface area contributed by atoms with E-state index in [9.17, 15) is 4.79 Å². The van der Waals surface area contributed by atoms with Crippen LogP contribution >= 0.6 is 0 Å². The van der Waals surface area contributed by atoms with Crippen molar-refractivity contribution >= 4 is 5.91 Å². The molecule has 0 N–H and O–H groups in total. The topological polar surface area (TPSA) is 72.1 Å². The lowest BCUT2D eigenvalue weighted by atomic mass is 9.77. The molecule has 3 heterocycles. The van der Waals surface area contributed by atoms with Gasteiger partial charge in [0.15, 0.2) is 17.4 Å². The van der Waals surface area contributed by atoms with Crippen molar-refractivity contribution in [2.24, 2.45) is 0 Å². The summed E-state index contributed by atoms with van der Waals surface area (Å²) in [5.74, 6) is 1.22. The number of piperidine rings is 1. The smallest absolute Gasteiger partial charge is 0.275 e. The van der Waals surface area contributed by atoms with Crippen LogP contribution in [0.3, 0.4) is 0 Å². The molecule has 1 saturated heterocycles. The lowest BCUT2D eigenvalue weighted by Crippen LogP contribution is -2.48. The van der Waals surface area contributed by atoms with Crippen LogP contribution in [0.15, 0.2) is 47.2 Å². The maximum atomic E-state index is 12.9. The van der Waals surface area contributed by atoms with Crippen LogP contribution in [0.5, 0.6) is 0 Å². The van der Waals surface area contributed by atoms with E-state index in [-0.39, 0.29) is 11.3 Å². The van der Waals surface area contributed by atoms with Crippen molar-refractivity contribution in [2.75, 3.05) is 13.1 Å². The van der Waals surface area contributed by atoms with Crippen LogP contribution < -0.4 is 0 Å². The molecule has 142 valence electrons. The second-order valence-corrected chi connectivity index (χ2v) is 7.80. The molecule has 0 bridgehead atoms. The zero-order chi connectivity index (χ0) is 19.1. The third-order valence-electron chi connectivity index (χ3n) is 5.97. The molecule has 1 unspecified atom stereocenters. The third-order valence-corrected chi connectivity index (χ3v) is 5.97. The van der Waals surface area contributed by atoms with Gasteiger partial charge in [-0.1, -0.05) is 30.3 Å². The minimum Gasteiger partial charge on any atom is -0.448 e. The van der Waals surface area contributed by atoms with Gasteiger partial charge in [0, 0.05) is 37.2 Å². The number of amides is 1. The largest absolute Gasteiger partial charge is 0.448 e. The molecule has 0 saturated carbocycles. The Balaban J connectivity index is 1.47. The fourth-order valence-electron chi connectivity index (χ4n) is 4.59. The Hall–Kier alpha value is -3.02. The van der Waals surface area contributed by atoms with Crippen LogP contribution in [0.1, 0.15) is 46.9 Å². The molecular weight excluding hydrogens is 352 g/mol. The normalized spacial score (nSPS) is 21.1. The quantitative estimate of drug-likeness (QED) is 0.686. The number of nitrogens with zero attached hydrogens (tertiary/aromatic N) is 4. The van der Waals surface area contributed by atoms with Gasteiger partial charge in [-0.15, -0.1) is 0 Å². The number of aromatic nitrogens is 3. The molecule has 1 aromatic carbocycles. The molecule has 1 fully saturated rings. The van der Waals surface area contributed by atoms with E-state index in [1.165, 1.54) is 11.8 Å². The van der Waals surface area contributed by atoms with E-state index >= 15 is 0 Å². The first-order valence-electron chi connectivity index (χ1n) is 9.78. The van der Waals surface area contributed by atoms with Crippen molar-refractivity contribution in [1.82, 2.24) is 19.9 Å². The Kier molecular flexibility index (Phi) is 4.00. The van der Waals surface area contributed by atoms with Gasteiger partial charge < -0.3 is 9.32 Å². The van der Waals surface area contributed by atoms with Crippen LogP contribution in [0.4, 0.5) is 0 Å². The molecular formula is C22H22N4O2. The van der Waals surface area contributed by atoms with Crippen molar-refractivity contribution in [2.45, 2.75) is 38.0 Å². The van der Waals surface area contributed by atoms with Crippen molar-refractivity contribution in [3.63, 3.8) is 0 Å². The second-order valence-electron chi connectivity index (χ2n) is 7.80. The van der Waals surface area contributed by atoms with Gasteiger partial charge in [-0.05, 0) is 31.2 Å². The van der Waals surface area contributed by atoms with Gasteiger partial charge in [0.1, 0.15) is 6.26 Å². The lowest BCUT2D eigenvalue weighted by Gasteiger charge is -2.40. The van der Waals surface area contributed by atoms with Gasteiger partial charge in [0.2, 0.25) is 0 Å². The van der Waals surface area contributed by atoms with Gasteiger partial charge in [-0.25, -0.2) is 15.0 Å². The maximum absolute atomic E-state index is 12.9. The SMILES string of the molecule is Cc1nc(C(=O)N2CCCC3(CCc4cnc(-c5ccccc5)nc43)C2)co1. The summed E-state index contributed by atoms with van der Waals surface area (Å²) in [7, 11) is 0. The van der Waals surface area contributed by atoms with Crippen LogP contribution in [-0.4, -0.2) is 38.8 Å². The number of oxazole rings is 1. The Labute approximate surface area is 163 Å². The molecule has 1 atom stereocenters. The summed E-state index contributed by atoms with van der Waals surface area (Å²) >= 11 is 0. The Bertz CT molecular complexity index is 1030. The van der Waals surface area contributed by atoms with E-state index in [1.54, 1.807) is 6.92 Å². The Morgan fingerprint density at radius 2 is 2.04 bits per heavy atom. The van der Waals surface area contributed by atoms with E-state index in [0.29, 0.717) is 18.1 Å². The van der Waals surface area contributed by atoms with Gasteiger partial charge in [0.25, 0.3) is 5.91 Å². The highest BCUT2D eigenvalue weighted by Gasteiger charge is 2.45. The van der Waals surface area contributed by atoms with Crippen molar-refractivity contribution in [1.29, 1.82) is 0 Å². The number of likely N-dealkylation sites (tertiary alicyclic amines) is 1. The highest BCUT2D eigenvalue weighted by molar-refractivity contribution is 5.92. The first kappa shape index (κ1) is 17.1. The number of carbonyl (C=O) groups is 1. The average Bonchev–Trinajstić information content (AvgIpc) is 3.32. The fraction of sp³-hybridized carbons (Fsp3) is 0.364. The van der Waals surface area contributed by atoms with Crippen molar-refractivity contribution in [3.8, 4) is 11.4 Å². The molecule has 1 spiro atoms. The molecule has 28 heavy (non-hydrogen) atoms. The summed E-state index contributed by atoms with van der Waals surface area (Å²) < 4.78 is 5.24. The molecule has 3 aromatic rings. The van der Waals surface area contributed by atoms with Crippen molar-refractivity contribution < 1.29 is 9.21 Å². The summed E-state index contributed by atoms with van der Waals surface area (Å²) in [5.41, 5.74) is 3.66. The summed E-state index contributed by atoms with van der Waals surface area (Å²) in [5, 5.41) is 0. The number of hydrogen-bond donors (Lipinski definition) is 0. The first-order valence-corrected chi connectivity index (χ1v) is 9.78. The summed E-state index contributed by atoms with van der Waals surface area (Å²) in [6.45, 7) is 3.18.